The molecular formula is C31H46O4S. The Kier molecular flexibility index (Phi) is 7.74. The van der Waals surface area contributed by atoms with Crippen LogP contribution in [0.2, 0.25) is 0 Å². The molecule has 1 aromatic carbocycles. The summed E-state index contributed by atoms with van der Waals surface area (Å²) in [6, 6.07) is 8.83. The molecule has 36 heavy (non-hydrogen) atoms. The fourth-order valence-electron chi connectivity index (χ4n) is 8.89. The van der Waals surface area contributed by atoms with Gasteiger partial charge in [0.15, 0.2) is 9.84 Å². The molecule has 9 atom stereocenters. The van der Waals surface area contributed by atoms with Crippen LogP contribution in [0.3, 0.4) is 0 Å². The van der Waals surface area contributed by atoms with Gasteiger partial charge in [-0.3, -0.25) is 0 Å². The highest BCUT2D eigenvalue weighted by Gasteiger charge is 2.55. The van der Waals surface area contributed by atoms with E-state index in [2.05, 4.69) is 13.0 Å². The number of benzene rings is 1. The van der Waals surface area contributed by atoms with Crippen LogP contribution in [-0.4, -0.2) is 36.1 Å². The van der Waals surface area contributed by atoms with Gasteiger partial charge in [0.25, 0.3) is 0 Å². The Morgan fingerprint density at radius 3 is 2.58 bits per heavy atom. The minimum absolute atomic E-state index is 0.139. The fourth-order valence-corrected chi connectivity index (χ4v) is 10.7. The molecule has 5 rings (SSSR count). The lowest BCUT2D eigenvalue weighted by Gasteiger charge is -2.54. The number of hydrogen-bond donors (Lipinski definition) is 2. The molecule has 0 aromatic heterocycles. The molecule has 0 radical (unpaired) electrons. The van der Waals surface area contributed by atoms with E-state index in [4.69, 9.17) is 0 Å². The number of allylic oxidation sites excluding steroid dienone is 1. The highest BCUT2D eigenvalue weighted by molar-refractivity contribution is 7.92. The van der Waals surface area contributed by atoms with E-state index in [-0.39, 0.29) is 6.10 Å². The van der Waals surface area contributed by atoms with Gasteiger partial charge in [-0.2, -0.15) is 0 Å². The van der Waals surface area contributed by atoms with E-state index in [1.54, 1.807) is 24.3 Å². The number of rotatable bonds is 8. The van der Waals surface area contributed by atoms with Gasteiger partial charge in [-0.1, -0.05) is 43.7 Å². The lowest BCUT2D eigenvalue weighted by atomic mass is 9.51. The third kappa shape index (κ3) is 4.85. The Bertz CT molecular complexity index is 1030. The van der Waals surface area contributed by atoms with Gasteiger partial charge < -0.3 is 10.2 Å². The number of aliphatic hydroxyl groups is 2. The number of aliphatic hydroxyl groups excluding tert-OH is 2. The fraction of sp³-hybridized carbons (Fsp3) is 0.742. The van der Waals surface area contributed by atoms with E-state index < -0.39 is 21.2 Å². The topological polar surface area (TPSA) is 74.6 Å². The van der Waals surface area contributed by atoms with Crippen molar-refractivity contribution in [1.29, 1.82) is 0 Å². The highest BCUT2D eigenvalue weighted by Crippen LogP contribution is 2.64. The second-order valence-electron chi connectivity index (χ2n) is 12.7. The third-order valence-electron chi connectivity index (χ3n) is 11.0. The van der Waals surface area contributed by atoms with Gasteiger partial charge in [-0.25, -0.2) is 8.42 Å². The maximum atomic E-state index is 13.6. The Morgan fingerprint density at radius 1 is 1.06 bits per heavy atom. The van der Waals surface area contributed by atoms with Gasteiger partial charge in [0.05, 0.1) is 22.4 Å². The van der Waals surface area contributed by atoms with E-state index >= 15 is 0 Å². The molecular weight excluding hydrogens is 468 g/mol. The molecule has 200 valence electrons. The summed E-state index contributed by atoms with van der Waals surface area (Å²) in [5, 5.41) is 20.1. The summed E-state index contributed by atoms with van der Waals surface area (Å²) < 4.78 is 27.1. The Hall–Kier alpha value is -1.17. The second-order valence-corrected chi connectivity index (χ2v) is 14.9. The lowest BCUT2D eigenvalue weighted by Crippen LogP contribution is -2.46. The minimum Gasteiger partial charge on any atom is -0.393 e. The third-order valence-corrected chi connectivity index (χ3v) is 13.2. The van der Waals surface area contributed by atoms with Crippen LogP contribution in [0, 0.1) is 35.0 Å². The summed E-state index contributed by atoms with van der Waals surface area (Å²) in [6.07, 6.45) is 13.4. The summed E-state index contributed by atoms with van der Waals surface area (Å²) in [5.74, 6) is 3.51. The van der Waals surface area contributed by atoms with Crippen LogP contribution in [0.15, 0.2) is 46.9 Å². The summed E-state index contributed by atoms with van der Waals surface area (Å²) >= 11 is 0. The lowest BCUT2D eigenvalue weighted by molar-refractivity contribution is -0.0200. The van der Waals surface area contributed by atoms with Crippen LogP contribution in [0.25, 0.3) is 0 Å². The van der Waals surface area contributed by atoms with Crippen LogP contribution in [-0.2, 0) is 9.84 Å². The average molecular weight is 515 g/mol. The van der Waals surface area contributed by atoms with Crippen molar-refractivity contribution in [1.82, 2.24) is 0 Å². The Balaban J connectivity index is 1.30. The quantitative estimate of drug-likeness (QED) is 0.398. The van der Waals surface area contributed by atoms with Gasteiger partial charge in [0, 0.05) is 0 Å². The van der Waals surface area contributed by atoms with Crippen LogP contribution < -0.4 is 0 Å². The van der Waals surface area contributed by atoms with Crippen molar-refractivity contribution >= 4 is 9.84 Å². The van der Waals surface area contributed by atoms with Crippen molar-refractivity contribution in [3.8, 4) is 0 Å². The zero-order valence-corrected chi connectivity index (χ0v) is 23.0. The zero-order chi connectivity index (χ0) is 25.5. The number of fused-ring (bicyclic) bond motifs is 5. The minimum atomic E-state index is -3.47. The van der Waals surface area contributed by atoms with E-state index in [1.807, 2.05) is 13.0 Å². The van der Waals surface area contributed by atoms with Gasteiger partial charge in [-0.15, -0.1) is 0 Å². The number of sulfone groups is 1. The first kappa shape index (κ1) is 26.4. The molecule has 5 heteroatoms. The molecule has 0 bridgehead atoms. The van der Waals surface area contributed by atoms with Gasteiger partial charge >= 0.3 is 0 Å². The first-order chi connectivity index (χ1) is 17.2. The molecule has 0 aliphatic heterocycles. The first-order valence-electron chi connectivity index (χ1n) is 14.6. The van der Waals surface area contributed by atoms with Crippen molar-refractivity contribution in [2.24, 2.45) is 35.0 Å². The molecule has 1 aromatic rings. The van der Waals surface area contributed by atoms with Crippen LogP contribution in [0.1, 0.15) is 90.9 Å². The molecule has 0 amide bonds. The van der Waals surface area contributed by atoms with E-state index in [1.165, 1.54) is 37.7 Å². The van der Waals surface area contributed by atoms with Crippen molar-refractivity contribution in [2.75, 3.05) is 0 Å². The Morgan fingerprint density at radius 2 is 1.83 bits per heavy atom. The molecule has 9 unspecified atom stereocenters. The molecule has 0 heterocycles. The van der Waals surface area contributed by atoms with Gasteiger partial charge in [0.2, 0.25) is 0 Å². The maximum Gasteiger partial charge on any atom is 0.181 e. The molecule has 0 saturated heterocycles. The largest absolute Gasteiger partial charge is 0.393 e. The summed E-state index contributed by atoms with van der Waals surface area (Å²) in [7, 11) is -3.47. The molecule has 2 N–H and O–H groups in total. The molecule has 0 spiro atoms. The zero-order valence-electron chi connectivity index (χ0n) is 22.2. The maximum absolute atomic E-state index is 13.6. The summed E-state index contributed by atoms with van der Waals surface area (Å²) in [4.78, 5) is 0.386. The predicted molar refractivity (Wildman–Crippen MR) is 144 cm³/mol. The first-order valence-corrected chi connectivity index (χ1v) is 16.1. The normalized spacial score (nSPS) is 37.8. The van der Waals surface area contributed by atoms with E-state index in [0.717, 1.165) is 43.4 Å². The molecule has 4 nitrogen and oxygen atoms in total. The van der Waals surface area contributed by atoms with Crippen LogP contribution in [0.4, 0.5) is 0 Å². The van der Waals surface area contributed by atoms with Crippen molar-refractivity contribution in [3.63, 3.8) is 0 Å². The smallest absolute Gasteiger partial charge is 0.181 e. The number of hydrogen-bond acceptors (Lipinski definition) is 4. The van der Waals surface area contributed by atoms with Crippen molar-refractivity contribution in [3.05, 3.63) is 42.0 Å². The Labute approximate surface area is 218 Å². The monoisotopic (exact) mass is 514 g/mol. The SMILES string of the molecule is CCC(O)CC(CCC1CCC2C3CC=C4CC(O)CCC4C3CCC12C)S(=O)(=O)c1ccccc1. The standard InChI is InChI=1S/C31H46O4S/c1-3-23(32)20-26(36(34,35)25-7-5-4-6-8-25)13-10-22-11-16-30-29-14-9-21-19-24(33)12-15-27(21)28(29)17-18-31(22,30)2/h4-9,22-24,26-30,32-33H,3,10-20H2,1-2H3. The van der Waals surface area contributed by atoms with Gasteiger partial charge in [-0.05, 0) is 124 Å². The van der Waals surface area contributed by atoms with Gasteiger partial charge in [0.1, 0.15) is 0 Å². The molecule has 4 aliphatic rings. The van der Waals surface area contributed by atoms with Crippen LogP contribution in [0.5, 0.6) is 0 Å². The second kappa shape index (κ2) is 10.5. The van der Waals surface area contributed by atoms with Crippen molar-refractivity contribution < 1.29 is 18.6 Å². The van der Waals surface area contributed by atoms with Crippen molar-refractivity contribution in [2.45, 2.75) is 113 Å². The summed E-state index contributed by atoms with van der Waals surface area (Å²) in [5.41, 5.74) is 1.84. The molecule has 3 fully saturated rings. The molecule has 4 aliphatic carbocycles. The predicted octanol–water partition coefficient (Wildman–Crippen LogP) is 6.32. The van der Waals surface area contributed by atoms with E-state index in [0.29, 0.717) is 41.4 Å². The summed E-state index contributed by atoms with van der Waals surface area (Å²) in [6.45, 7) is 4.44. The average Bonchev–Trinajstić information content (AvgIpc) is 3.22. The van der Waals surface area contributed by atoms with E-state index in [9.17, 15) is 18.6 Å². The highest BCUT2D eigenvalue weighted by atomic mass is 32.2. The molecule has 3 saturated carbocycles. The van der Waals surface area contributed by atoms with Crippen LogP contribution >= 0.6 is 0 Å².